The first-order chi connectivity index (χ1) is 8.40. The fourth-order valence-corrected chi connectivity index (χ4v) is 2.88. The van der Waals surface area contributed by atoms with Crippen LogP contribution < -0.4 is 10.6 Å². The van der Waals surface area contributed by atoms with Crippen molar-refractivity contribution < 1.29 is 4.79 Å². The Hall–Kier alpha value is -1.51. The van der Waals surface area contributed by atoms with E-state index >= 15 is 0 Å². The number of fused-ring (bicyclic) bond motifs is 1. The Morgan fingerprint density at radius 2 is 2.11 bits per heavy atom. The summed E-state index contributed by atoms with van der Waals surface area (Å²) >= 11 is 0. The number of nitrogens with zero attached hydrogens (tertiary/aromatic N) is 1. The van der Waals surface area contributed by atoms with Crippen molar-refractivity contribution in [1.82, 2.24) is 0 Å². The van der Waals surface area contributed by atoms with E-state index in [0.29, 0.717) is 0 Å². The van der Waals surface area contributed by atoms with Gasteiger partial charge in [-0.25, -0.2) is 0 Å². The highest BCUT2D eigenvalue weighted by Crippen LogP contribution is 2.53. The van der Waals surface area contributed by atoms with Crippen LogP contribution in [-0.2, 0) is 11.2 Å². The summed E-state index contributed by atoms with van der Waals surface area (Å²) in [6.45, 7) is 7.15. The molecule has 0 saturated heterocycles. The van der Waals surface area contributed by atoms with Gasteiger partial charge in [-0.15, -0.1) is 0 Å². The number of nitrogen functional groups attached to an aromatic ring is 1. The number of anilines is 2. The maximum absolute atomic E-state index is 12.5. The van der Waals surface area contributed by atoms with E-state index in [-0.39, 0.29) is 17.2 Å². The number of hydrogen-bond acceptors (Lipinski definition) is 2. The molecule has 0 spiro atoms. The van der Waals surface area contributed by atoms with Crippen LogP contribution in [0.3, 0.4) is 0 Å². The summed E-state index contributed by atoms with van der Waals surface area (Å²) < 4.78 is 0. The van der Waals surface area contributed by atoms with Crippen LogP contribution in [0.5, 0.6) is 0 Å². The highest BCUT2D eigenvalue weighted by Gasteiger charge is 2.52. The van der Waals surface area contributed by atoms with Crippen molar-refractivity contribution in [3.63, 3.8) is 0 Å². The second kappa shape index (κ2) is 3.50. The molecular weight excluding hydrogens is 224 g/mol. The van der Waals surface area contributed by atoms with E-state index < -0.39 is 0 Å². The van der Waals surface area contributed by atoms with Gasteiger partial charge < -0.3 is 10.6 Å². The van der Waals surface area contributed by atoms with Crippen LogP contribution in [0.15, 0.2) is 12.1 Å². The summed E-state index contributed by atoms with van der Waals surface area (Å²) in [5.41, 5.74) is 10.3. The molecule has 1 atom stereocenters. The van der Waals surface area contributed by atoms with Crippen LogP contribution in [0.2, 0.25) is 0 Å². The molecule has 1 aliphatic carbocycles. The molecule has 2 aliphatic rings. The third-order valence-electron chi connectivity index (χ3n) is 4.44. The van der Waals surface area contributed by atoms with Crippen molar-refractivity contribution in [3.8, 4) is 0 Å². The van der Waals surface area contributed by atoms with Crippen molar-refractivity contribution in [2.24, 2.45) is 11.3 Å². The molecule has 1 aromatic rings. The van der Waals surface area contributed by atoms with E-state index in [2.05, 4.69) is 19.9 Å². The van der Waals surface area contributed by atoms with Crippen molar-refractivity contribution in [1.29, 1.82) is 0 Å². The molecule has 1 aliphatic heterocycles. The Balaban J connectivity index is 1.91. The Bertz CT molecular complexity index is 534. The predicted octanol–water partition coefficient (Wildman–Crippen LogP) is 2.51. The maximum atomic E-state index is 12.5. The van der Waals surface area contributed by atoms with Gasteiger partial charge in [0.1, 0.15) is 0 Å². The van der Waals surface area contributed by atoms with Gasteiger partial charge in [0.05, 0.1) is 0 Å². The zero-order valence-corrected chi connectivity index (χ0v) is 11.3. The highest BCUT2D eigenvalue weighted by molar-refractivity contribution is 5.99. The lowest BCUT2D eigenvalue weighted by atomic mass is 10.1. The van der Waals surface area contributed by atoms with Crippen LogP contribution in [-0.4, -0.2) is 12.5 Å². The summed E-state index contributed by atoms with van der Waals surface area (Å²) in [6, 6.07) is 4.08. The molecule has 18 heavy (non-hydrogen) atoms. The average Bonchev–Trinajstić information content (AvgIpc) is 2.75. The number of carbonyl (C=O) groups excluding carboxylic acids is 1. The first-order valence-electron chi connectivity index (χ1n) is 6.60. The van der Waals surface area contributed by atoms with E-state index in [1.54, 1.807) is 0 Å². The second-order valence-electron chi connectivity index (χ2n) is 6.32. The topological polar surface area (TPSA) is 46.3 Å². The molecule has 1 amide bonds. The standard InChI is InChI=1S/C15H20N2O/c1-9-6-10-4-5-17(13(10)7-12(9)16)14(18)11-8-15(11,2)3/h6-7,11H,4-5,8,16H2,1-3H3. The van der Waals surface area contributed by atoms with E-state index in [0.717, 1.165) is 36.3 Å². The number of carbonyl (C=O) groups is 1. The number of rotatable bonds is 1. The molecule has 1 fully saturated rings. The van der Waals surface area contributed by atoms with Gasteiger partial charge in [0.25, 0.3) is 0 Å². The van der Waals surface area contributed by atoms with E-state index in [1.165, 1.54) is 5.56 Å². The number of amides is 1. The molecule has 2 N–H and O–H groups in total. The lowest BCUT2D eigenvalue weighted by Crippen LogP contribution is -2.31. The smallest absolute Gasteiger partial charge is 0.230 e. The Morgan fingerprint density at radius 1 is 1.44 bits per heavy atom. The first kappa shape index (κ1) is 11.6. The van der Waals surface area contributed by atoms with Gasteiger partial charge in [0, 0.05) is 23.8 Å². The largest absolute Gasteiger partial charge is 0.398 e. The van der Waals surface area contributed by atoms with Gasteiger partial charge in [-0.3, -0.25) is 4.79 Å². The van der Waals surface area contributed by atoms with Crippen molar-refractivity contribution in [2.75, 3.05) is 17.2 Å². The van der Waals surface area contributed by atoms with Crippen molar-refractivity contribution in [3.05, 3.63) is 23.3 Å². The van der Waals surface area contributed by atoms with Crippen LogP contribution in [0.1, 0.15) is 31.4 Å². The Kier molecular flexibility index (Phi) is 2.25. The van der Waals surface area contributed by atoms with Gasteiger partial charge in [-0.2, -0.15) is 0 Å². The van der Waals surface area contributed by atoms with Crippen LogP contribution >= 0.6 is 0 Å². The zero-order chi connectivity index (χ0) is 13.1. The average molecular weight is 244 g/mol. The molecule has 0 bridgehead atoms. The molecule has 1 saturated carbocycles. The number of benzene rings is 1. The summed E-state index contributed by atoms with van der Waals surface area (Å²) in [5.74, 6) is 0.480. The molecule has 0 aromatic heterocycles. The number of nitrogens with two attached hydrogens (primary N) is 1. The normalized spacial score (nSPS) is 23.9. The third kappa shape index (κ3) is 1.61. The summed E-state index contributed by atoms with van der Waals surface area (Å²) in [7, 11) is 0. The lowest BCUT2D eigenvalue weighted by molar-refractivity contribution is -0.120. The first-order valence-corrected chi connectivity index (χ1v) is 6.60. The quantitative estimate of drug-likeness (QED) is 0.772. The fourth-order valence-electron chi connectivity index (χ4n) is 2.88. The minimum atomic E-state index is 0.191. The minimum Gasteiger partial charge on any atom is -0.398 e. The molecule has 3 heteroatoms. The third-order valence-corrected chi connectivity index (χ3v) is 4.44. The van der Waals surface area contributed by atoms with Crippen molar-refractivity contribution in [2.45, 2.75) is 33.6 Å². The van der Waals surface area contributed by atoms with Crippen LogP contribution in [0.4, 0.5) is 11.4 Å². The summed E-state index contributed by atoms with van der Waals surface area (Å²) in [6.07, 6.45) is 1.97. The van der Waals surface area contributed by atoms with E-state index in [9.17, 15) is 4.79 Å². The molecular formula is C15H20N2O. The monoisotopic (exact) mass is 244 g/mol. The van der Waals surface area contributed by atoms with Crippen LogP contribution in [0.25, 0.3) is 0 Å². The lowest BCUT2D eigenvalue weighted by Gasteiger charge is -2.19. The van der Waals surface area contributed by atoms with Gasteiger partial charge in [-0.1, -0.05) is 19.9 Å². The Morgan fingerprint density at radius 3 is 2.72 bits per heavy atom. The fraction of sp³-hybridized carbons (Fsp3) is 0.533. The number of aryl methyl sites for hydroxylation is 1. The van der Waals surface area contributed by atoms with E-state index in [1.807, 2.05) is 17.9 Å². The van der Waals surface area contributed by atoms with Crippen molar-refractivity contribution >= 4 is 17.3 Å². The van der Waals surface area contributed by atoms with Gasteiger partial charge >= 0.3 is 0 Å². The van der Waals surface area contributed by atoms with E-state index in [4.69, 9.17) is 5.73 Å². The van der Waals surface area contributed by atoms with Gasteiger partial charge in [0.2, 0.25) is 5.91 Å². The molecule has 96 valence electrons. The highest BCUT2D eigenvalue weighted by atomic mass is 16.2. The Labute approximate surface area is 108 Å². The summed E-state index contributed by atoms with van der Waals surface area (Å²) in [5, 5.41) is 0. The zero-order valence-electron chi connectivity index (χ0n) is 11.3. The van der Waals surface area contributed by atoms with Crippen LogP contribution in [0, 0.1) is 18.3 Å². The molecule has 3 rings (SSSR count). The molecule has 3 nitrogen and oxygen atoms in total. The second-order valence-corrected chi connectivity index (χ2v) is 6.32. The minimum absolute atomic E-state index is 0.191. The predicted molar refractivity (Wildman–Crippen MR) is 73.5 cm³/mol. The van der Waals surface area contributed by atoms with Gasteiger partial charge in [0.15, 0.2) is 0 Å². The van der Waals surface area contributed by atoms with Gasteiger partial charge in [-0.05, 0) is 42.4 Å². The molecule has 1 heterocycles. The summed E-state index contributed by atoms with van der Waals surface area (Å²) in [4.78, 5) is 14.4. The maximum Gasteiger partial charge on any atom is 0.230 e. The number of hydrogen-bond donors (Lipinski definition) is 1. The SMILES string of the molecule is Cc1cc2c(cc1N)N(C(=O)C1CC1(C)C)CC2. The molecule has 1 aromatic carbocycles. The molecule has 0 radical (unpaired) electrons. The molecule has 1 unspecified atom stereocenters.